The van der Waals surface area contributed by atoms with E-state index in [0.29, 0.717) is 0 Å². The van der Waals surface area contributed by atoms with Crippen molar-refractivity contribution in [2.45, 2.75) is 45.6 Å². The van der Waals surface area contributed by atoms with Gasteiger partial charge in [0.2, 0.25) is 0 Å². The van der Waals surface area contributed by atoms with Crippen LogP contribution in [0.5, 0.6) is 0 Å². The van der Waals surface area contributed by atoms with Crippen LogP contribution in [0.25, 0.3) is 0 Å². The summed E-state index contributed by atoms with van der Waals surface area (Å²) in [5.74, 6) is 0.0232. The predicted molar refractivity (Wildman–Crippen MR) is 102 cm³/mol. The predicted octanol–water partition coefficient (Wildman–Crippen LogP) is 3.97. The number of halogens is 1. The number of carbonyl (C=O) groups excluding carboxylic acids is 1. The first kappa shape index (κ1) is 18.5. The monoisotopic (exact) mass is 364 g/mol. The lowest BCUT2D eigenvalue weighted by atomic mass is 9.79. The molecule has 2 heterocycles. The number of benzene rings is 1. The quantitative estimate of drug-likeness (QED) is 0.715. The van der Waals surface area contributed by atoms with E-state index in [2.05, 4.69) is 35.8 Å². The van der Waals surface area contributed by atoms with Crippen LogP contribution in [-0.4, -0.2) is 49.7 Å². The van der Waals surface area contributed by atoms with Gasteiger partial charge in [0.1, 0.15) is 6.10 Å². The first-order valence-corrected chi connectivity index (χ1v) is 9.88. The molecule has 2 aliphatic heterocycles. The maximum Gasteiger partial charge on any atom is 0.312 e. The minimum atomic E-state index is -0.224. The van der Waals surface area contributed by atoms with Crippen molar-refractivity contribution >= 4 is 23.3 Å². The van der Waals surface area contributed by atoms with E-state index in [1.165, 1.54) is 5.69 Å². The van der Waals surface area contributed by atoms with Crippen molar-refractivity contribution in [1.29, 1.82) is 0 Å². The fraction of sp³-hybridized carbons (Fsp3) is 0.650. The standard InChI is InChI=1S/C20H29ClN2O2/c1-3-20(4-2)15-18(25-19(20)24)9-10-22-11-13-23(14-12-22)17-7-5-16(21)6-8-17/h5-8,18H,3-4,9-15H2,1-2H3. The van der Waals surface area contributed by atoms with E-state index in [1.54, 1.807) is 0 Å². The van der Waals surface area contributed by atoms with E-state index in [1.807, 2.05) is 12.1 Å². The summed E-state index contributed by atoms with van der Waals surface area (Å²) in [6, 6.07) is 8.08. The summed E-state index contributed by atoms with van der Waals surface area (Å²) in [6.07, 6.45) is 3.72. The molecule has 1 aromatic carbocycles. The molecule has 3 rings (SSSR count). The summed E-state index contributed by atoms with van der Waals surface area (Å²) < 4.78 is 5.66. The summed E-state index contributed by atoms with van der Waals surface area (Å²) in [5.41, 5.74) is 1.02. The Bertz CT molecular complexity index is 578. The second-order valence-electron chi connectivity index (χ2n) is 7.31. The molecule has 2 saturated heterocycles. The minimum Gasteiger partial charge on any atom is -0.462 e. The zero-order valence-corrected chi connectivity index (χ0v) is 16.1. The highest BCUT2D eigenvalue weighted by molar-refractivity contribution is 6.30. The van der Waals surface area contributed by atoms with Gasteiger partial charge in [0, 0.05) is 49.9 Å². The topological polar surface area (TPSA) is 32.8 Å². The van der Waals surface area contributed by atoms with Crippen LogP contribution in [0.1, 0.15) is 39.5 Å². The number of nitrogens with zero attached hydrogens (tertiary/aromatic N) is 2. The molecule has 0 amide bonds. The molecule has 1 unspecified atom stereocenters. The summed E-state index contributed by atoms with van der Waals surface area (Å²) in [4.78, 5) is 17.1. The molecule has 0 bridgehead atoms. The van der Waals surface area contributed by atoms with Gasteiger partial charge >= 0.3 is 5.97 Å². The van der Waals surface area contributed by atoms with Gasteiger partial charge in [-0.3, -0.25) is 9.69 Å². The fourth-order valence-corrected chi connectivity index (χ4v) is 4.16. The second kappa shape index (κ2) is 7.96. The molecule has 0 aromatic heterocycles. The fourth-order valence-electron chi connectivity index (χ4n) is 4.03. The molecule has 0 N–H and O–H groups in total. The van der Waals surface area contributed by atoms with Gasteiger partial charge in [0.15, 0.2) is 0 Å². The molecular weight excluding hydrogens is 336 g/mol. The third-order valence-electron chi connectivity index (χ3n) is 6.01. The van der Waals surface area contributed by atoms with Crippen molar-refractivity contribution in [1.82, 2.24) is 4.90 Å². The number of carbonyl (C=O) groups is 1. The Hall–Kier alpha value is -1.26. The van der Waals surface area contributed by atoms with Crippen LogP contribution >= 0.6 is 11.6 Å². The Balaban J connectivity index is 1.44. The highest BCUT2D eigenvalue weighted by Crippen LogP contribution is 2.41. The molecule has 1 aromatic rings. The molecule has 0 aliphatic carbocycles. The van der Waals surface area contributed by atoms with E-state index >= 15 is 0 Å². The normalized spacial score (nSPS) is 23.7. The van der Waals surface area contributed by atoms with Crippen LogP contribution in [0, 0.1) is 5.41 Å². The lowest BCUT2D eigenvalue weighted by Crippen LogP contribution is -2.47. The van der Waals surface area contributed by atoms with E-state index in [4.69, 9.17) is 16.3 Å². The number of ether oxygens (including phenoxy) is 1. The van der Waals surface area contributed by atoms with Gasteiger partial charge in [-0.25, -0.2) is 0 Å². The van der Waals surface area contributed by atoms with Gasteiger partial charge in [-0.15, -0.1) is 0 Å². The zero-order valence-electron chi connectivity index (χ0n) is 15.3. The second-order valence-corrected chi connectivity index (χ2v) is 7.75. The molecule has 2 fully saturated rings. The van der Waals surface area contributed by atoms with Crippen molar-refractivity contribution in [3.05, 3.63) is 29.3 Å². The maximum atomic E-state index is 12.2. The first-order chi connectivity index (χ1) is 12.1. The summed E-state index contributed by atoms with van der Waals surface area (Å²) >= 11 is 5.97. The Morgan fingerprint density at radius 1 is 1.12 bits per heavy atom. The Morgan fingerprint density at radius 3 is 2.32 bits per heavy atom. The summed E-state index contributed by atoms with van der Waals surface area (Å²) in [5, 5.41) is 0.781. The number of piperazine rings is 1. The third-order valence-corrected chi connectivity index (χ3v) is 6.26. The number of hydrogen-bond acceptors (Lipinski definition) is 4. The minimum absolute atomic E-state index is 0.0232. The lowest BCUT2D eigenvalue weighted by molar-refractivity contribution is -0.149. The van der Waals surface area contributed by atoms with Crippen molar-refractivity contribution in [2.75, 3.05) is 37.6 Å². The van der Waals surface area contributed by atoms with E-state index in [-0.39, 0.29) is 17.5 Å². The number of cyclic esters (lactones) is 1. The lowest BCUT2D eigenvalue weighted by Gasteiger charge is -2.36. The third kappa shape index (κ3) is 4.12. The maximum absolute atomic E-state index is 12.2. The molecule has 0 spiro atoms. The van der Waals surface area contributed by atoms with E-state index in [9.17, 15) is 4.79 Å². The molecule has 2 aliphatic rings. The van der Waals surface area contributed by atoms with Crippen LogP contribution in [0.3, 0.4) is 0 Å². The Labute approximate surface area is 156 Å². The highest BCUT2D eigenvalue weighted by atomic mass is 35.5. The van der Waals surface area contributed by atoms with Gasteiger partial charge in [-0.05, 0) is 43.5 Å². The van der Waals surface area contributed by atoms with E-state index in [0.717, 1.165) is 63.4 Å². The summed E-state index contributed by atoms with van der Waals surface area (Å²) in [7, 11) is 0. The van der Waals surface area contributed by atoms with E-state index < -0.39 is 0 Å². The molecule has 4 nitrogen and oxygen atoms in total. The molecule has 0 radical (unpaired) electrons. The van der Waals surface area contributed by atoms with Crippen LogP contribution in [-0.2, 0) is 9.53 Å². The first-order valence-electron chi connectivity index (χ1n) is 9.50. The van der Waals surface area contributed by atoms with Gasteiger partial charge in [-0.1, -0.05) is 25.4 Å². The highest BCUT2D eigenvalue weighted by Gasteiger charge is 2.46. The zero-order chi connectivity index (χ0) is 17.9. The molecule has 5 heteroatoms. The van der Waals surface area contributed by atoms with Crippen LogP contribution in [0.4, 0.5) is 5.69 Å². The van der Waals surface area contributed by atoms with Crippen molar-refractivity contribution in [3.8, 4) is 0 Å². The number of hydrogen-bond donors (Lipinski definition) is 0. The van der Waals surface area contributed by atoms with Crippen molar-refractivity contribution < 1.29 is 9.53 Å². The molecule has 25 heavy (non-hydrogen) atoms. The van der Waals surface area contributed by atoms with Gasteiger partial charge in [-0.2, -0.15) is 0 Å². The largest absolute Gasteiger partial charge is 0.462 e. The Morgan fingerprint density at radius 2 is 1.76 bits per heavy atom. The van der Waals surface area contributed by atoms with Gasteiger partial charge in [0.25, 0.3) is 0 Å². The average molecular weight is 365 g/mol. The van der Waals surface area contributed by atoms with Crippen LogP contribution < -0.4 is 4.90 Å². The molecule has 138 valence electrons. The number of esters is 1. The average Bonchev–Trinajstić information content (AvgIpc) is 2.97. The number of anilines is 1. The SMILES string of the molecule is CCC1(CC)CC(CCN2CCN(c3ccc(Cl)cc3)CC2)OC1=O. The Kier molecular flexibility index (Phi) is 5.90. The summed E-state index contributed by atoms with van der Waals surface area (Å²) in [6.45, 7) is 9.37. The van der Waals surface area contributed by atoms with Crippen LogP contribution in [0.15, 0.2) is 24.3 Å². The van der Waals surface area contributed by atoms with Gasteiger partial charge in [0.05, 0.1) is 5.41 Å². The molecule has 0 saturated carbocycles. The van der Waals surface area contributed by atoms with Crippen LogP contribution in [0.2, 0.25) is 5.02 Å². The molecule has 1 atom stereocenters. The smallest absolute Gasteiger partial charge is 0.312 e. The number of rotatable bonds is 6. The van der Waals surface area contributed by atoms with Gasteiger partial charge < -0.3 is 9.64 Å². The molecular formula is C20H29ClN2O2. The van der Waals surface area contributed by atoms with Crippen molar-refractivity contribution in [2.24, 2.45) is 5.41 Å². The van der Waals surface area contributed by atoms with Crippen molar-refractivity contribution in [3.63, 3.8) is 0 Å².